The number of aliphatic carboxylic acids is 1. The van der Waals surface area contributed by atoms with Crippen LogP contribution in [-0.2, 0) is 9.36 Å². The number of hydrogen-bond acceptors (Lipinski definition) is 4. The summed E-state index contributed by atoms with van der Waals surface area (Å²) in [6.07, 6.45) is -0.843. The Hall–Kier alpha value is 0.160. The number of rotatable bonds is 5. The summed E-state index contributed by atoms with van der Waals surface area (Å²) in [6, 6.07) is 0. The molecule has 0 fully saturated rings. The van der Waals surface area contributed by atoms with E-state index in [0.29, 0.717) is 4.90 Å². The van der Waals surface area contributed by atoms with Crippen LogP contribution in [0.15, 0.2) is 0 Å². The van der Waals surface area contributed by atoms with Crippen LogP contribution in [0.25, 0.3) is 0 Å². The molecule has 0 amide bonds. The number of carbonyl (C=O) groups excluding carboxylic acids is 1. The maximum atomic E-state index is 10.6. The van der Waals surface area contributed by atoms with Gasteiger partial charge in [-0.25, -0.2) is 0 Å². The number of hydrogen-bond donors (Lipinski definition) is 2. The van der Waals surface area contributed by atoms with Crippen LogP contribution in [0.3, 0.4) is 0 Å². The average molecular weight is 265 g/mol. The van der Waals surface area contributed by atoms with Crippen LogP contribution in [-0.4, -0.2) is 37.9 Å². The van der Waals surface area contributed by atoms with Gasteiger partial charge >= 0.3 is 7.60 Å². The van der Waals surface area contributed by atoms with Gasteiger partial charge in [0.15, 0.2) is 4.46 Å². The van der Waals surface area contributed by atoms with Crippen molar-refractivity contribution in [1.29, 1.82) is 0 Å². The zero-order chi connectivity index (χ0) is 11.6. The molecule has 0 aromatic rings. The third-order valence-electron chi connectivity index (χ3n) is 1.23. The SMILES string of the molecule is CC(Cl)(Cl)N(CC(=O)[O-])CP(=O)(O)O. The van der Waals surface area contributed by atoms with Gasteiger partial charge in [0, 0.05) is 6.54 Å². The first-order valence-corrected chi connectivity index (χ1v) is 5.95. The van der Waals surface area contributed by atoms with E-state index >= 15 is 0 Å². The van der Waals surface area contributed by atoms with E-state index in [2.05, 4.69) is 0 Å². The number of carbonyl (C=O) groups is 1. The van der Waals surface area contributed by atoms with Gasteiger partial charge in [-0.1, -0.05) is 23.2 Å². The van der Waals surface area contributed by atoms with Gasteiger partial charge < -0.3 is 19.7 Å². The van der Waals surface area contributed by atoms with Gasteiger partial charge in [0.25, 0.3) is 0 Å². The summed E-state index contributed by atoms with van der Waals surface area (Å²) in [4.78, 5) is 28.1. The van der Waals surface area contributed by atoms with Gasteiger partial charge in [0.1, 0.15) is 6.29 Å². The van der Waals surface area contributed by atoms with E-state index in [1.54, 1.807) is 0 Å². The van der Waals surface area contributed by atoms with E-state index < -0.39 is 30.9 Å². The van der Waals surface area contributed by atoms with Crippen molar-refractivity contribution in [2.75, 3.05) is 12.8 Å². The minimum Gasteiger partial charge on any atom is -0.549 e. The molecular weight excluding hydrogens is 256 g/mol. The Labute approximate surface area is 90.6 Å². The highest BCUT2D eigenvalue weighted by Crippen LogP contribution is 2.39. The molecule has 9 heteroatoms. The van der Waals surface area contributed by atoms with Gasteiger partial charge in [-0.05, 0) is 6.92 Å². The maximum absolute atomic E-state index is 10.6. The number of alkyl halides is 2. The Morgan fingerprint density at radius 1 is 1.57 bits per heavy atom. The lowest BCUT2D eigenvalue weighted by molar-refractivity contribution is -0.306. The molecule has 6 nitrogen and oxygen atoms in total. The molecule has 0 radical (unpaired) electrons. The second-order valence-electron chi connectivity index (χ2n) is 2.72. The molecule has 0 aliphatic carbocycles. The molecule has 0 bridgehead atoms. The molecule has 0 saturated carbocycles. The predicted molar refractivity (Wildman–Crippen MR) is 48.7 cm³/mol. The minimum atomic E-state index is -4.41. The van der Waals surface area contributed by atoms with Crippen molar-refractivity contribution in [2.24, 2.45) is 0 Å². The van der Waals surface area contributed by atoms with Crippen molar-refractivity contribution in [1.82, 2.24) is 4.90 Å². The Balaban J connectivity index is 4.58. The predicted octanol–water partition coefficient (Wildman–Crippen LogP) is -0.675. The largest absolute Gasteiger partial charge is 0.549 e. The number of halogens is 2. The quantitative estimate of drug-likeness (QED) is 0.388. The summed E-state index contributed by atoms with van der Waals surface area (Å²) >= 11 is 11.0. The van der Waals surface area contributed by atoms with E-state index in [9.17, 15) is 14.5 Å². The van der Waals surface area contributed by atoms with Crippen molar-refractivity contribution in [3.63, 3.8) is 0 Å². The Kier molecular flexibility index (Phi) is 4.84. The molecule has 2 N–H and O–H groups in total. The number of nitrogens with zero attached hydrogens (tertiary/aromatic N) is 1. The van der Waals surface area contributed by atoms with E-state index in [-0.39, 0.29) is 0 Å². The Morgan fingerprint density at radius 3 is 2.21 bits per heavy atom. The first-order valence-electron chi connectivity index (χ1n) is 3.39. The van der Waals surface area contributed by atoms with Crippen molar-refractivity contribution < 1.29 is 24.3 Å². The van der Waals surface area contributed by atoms with Crippen LogP contribution >= 0.6 is 30.8 Å². The molecule has 0 spiro atoms. The summed E-state index contributed by atoms with van der Waals surface area (Å²) in [6.45, 7) is 0.448. The lowest BCUT2D eigenvalue weighted by atomic mass is 10.5. The lowest BCUT2D eigenvalue weighted by Gasteiger charge is -2.31. The highest BCUT2D eigenvalue weighted by Gasteiger charge is 2.31. The number of carboxylic acids is 1. The zero-order valence-electron chi connectivity index (χ0n) is 7.18. The molecule has 84 valence electrons. The third kappa shape index (κ3) is 6.59. The summed E-state index contributed by atoms with van der Waals surface area (Å²) in [5.74, 6) is -1.52. The van der Waals surface area contributed by atoms with Crippen LogP contribution in [0.1, 0.15) is 6.92 Å². The van der Waals surface area contributed by atoms with Crippen molar-refractivity contribution in [3.05, 3.63) is 0 Å². The van der Waals surface area contributed by atoms with E-state index in [1.807, 2.05) is 0 Å². The minimum absolute atomic E-state index is 0.701. The Bertz CT molecular complexity index is 259. The molecule has 0 aromatic carbocycles. The second-order valence-corrected chi connectivity index (χ2v) is 6.00. The van der Waals surface area contributed by atoms with Crippen LogP contribution in [0, 0.1) is 0 Å². The molecule has 0 saturated heterocycles. The molecule has 0 rings (SSSR count). The van der Waals surface area contributed by atoms with Crippen LogP contribution in [0.4, 0.5) is 0 Å². The molecule has 0 atom stereocenters. The summed E-state index contributed by atoms with van der Waals surface area (Å²) in [5, 5.41) is 10.2. The normalized spacial score (nSPS) is 13.3. The van der Waals surface area contributed by atoms with Crippen LogP contribution in [0.2, 0.25) is 0 Å². The van der Waals surface area contributed by atoms with E-state index in [1.165, 1.54) is 6.92 Å². The summed E-state index contributed by atoms with van der Waals surface area (Å²) in [7, 11) is -4.41. The first kappa shape index (κ1) is 14.2. The zero-order valence-corrected chi connectivity index (χ0v) is 9.59. The van der Waals surface area contributed by atoms with Gasteiger partial charge in [0.2, 0.25) is 0 Å². The topological polar surface area (TPSA) is 101 Å². The first-order chi connectivity index (χ1) is 6.02. The summed E-state index contributed by atoms with van der Waals surface area (Å²) in [5.41, 5.74) is 0. The molecular formula is C5H9Cl2NO5P-. The van der Waals surface area contributed by atoms with Crippen LogP contribution < -0.4 is 5.11 Å². The lowest BCUT2D eigenvalue weighted by Crippen LogP contribution is -2.45. The fourth-order valence-electron chi connectivity index (χ4n) is 0.691. The Morgan fingerprint density at radius 2 is 2.00 bits per heavy atom. The van der Waals surface area contributed by atoms with Gasteiger partial charge in [0.05, 0.1) is 5.97 Å². The summed E-state index contributed by atoms with van der Waals surface area (Å²) < 4.78 is 8.91. The van der Waals surface area contributed by atoms with Crippen molar-refractivity contribution in [3.8, 4) is 0 Å². The van der Waals surface area contributed by atoms with E-state index in [4.69, 9.17) is 33.0 Å². The second kappa shape index (κ2) is 4.79. The van der Waals surface area contributed by atoms with Gasteiger partial charge in [-0.2, -0.15) is 0 Å². The molecule has 14 heavy (non-hydrogen) atoms. The van der Waals surface area contributed by atoms with Crippen molar-refractivity contribution >= 4 is 36.8 Å². The van der Waals surface area contributed by atoms with Gasteiger partial charge in [-0.15, -0.1) is 0 Å². The fourth-order valence-corrected chi connectivity index (χ4v) is 1.92. The smallest absolute Gasteiger partial charge is 0.339 e. The maximum Gasteiger partial charge on any atom is 0.339 e. The molecule has 0 aromatic heterocycles. The third-order valence-corrected chi connectivity index (χ3v) is 2.42. The fraction of sp³-hybridized carbons (Fsp3) is 0.800. The molecule has 0 aliphatic rings. The number of carboxylic acid groups (broad SMARTS) is 1. The molecule has 0 aliphatic heterocycles. The monoisotopic (exact) mass is 264 g/mol. The van der Waals surface area contributed by atoms with Crippen molar-refractivity contribution in [2.45, 2.75) is 11.4 Å². The average Bonchev–Trinajstić information content (AvgIpc) is 1.78. The standard InChI is InChI=1S/C5H10Cl2NO5P/c1-5(6,7)8(2-4(9)10)3-14(11,12)13/h2-3H2,1H3,(H,9,10)(H2,11,12,13)/p-1. The van der Waals surface area contributed by atoms with Gasteiger partial charge in [-0.3, -0.25) is 9.46 Å². The molecule has 0 unspecified atom stereocenters. The molecule has 0 heterocycles. The van der Waals surface area contributed by atoms with Crippen LogP contribution in [0.5, 0.6) is 0 Å². The highest BCUT2D eigenvalue weighted by atomic mass is 35.5. The highest BCUT2D eigenvalue weighted by molar-refractivity contribution is 7.51. The van der Waals surface area contributed by atoms with E-state index in [0.717, 1.165) is 0 Å².